The minimum absolute atomic E-state index is 0.0339. The van der Waals surface area contributed by atoms with E-state index in [4.69, 9.17) is 30.7 Å². The van der Waals surface area contributed by atoms with E-state index in [0.717, 1.165) is 12.8 Å². The monoisotopic (exact) mass is 429 g/mol. The molecular formula is C18H23ClN2O6P+. The van der Waals surface area contributed by atoms with Crippen LogP contribution in [0.15, 0.2) is 42.5 Å². The quantitative estimate of drug-likeness (QED) is 0.295. The number of halogens is 1. The van der Waals surface area contributed by atoms with Crippen LogP contribution in [0.5, 0.6) is 11.5 Å². The van der Waals surface area contributed by atoms with E-state index < -0.39 is 8.25 Å². The van der Waals surface area contributed by atoms with E-state index in [2.05, 4.69) is 19.2 Å². The van der Waals surface area contributed by atoms with Gasteiger partial charge in [-0.2, -0.15) is 0 Å². The van der Waals surface area contributed by atoms with Crippen molar-refractivity contribution >= 4 is 31.2 Å². The van der Waals surface area contributed by atoms with Gasteiger partial charge in [0, 0.05) is 27.3 Å². The molecule has 10 heteroatoms. The lowest BCUT2D eigenvalue weighted by molar-refractivity contribution is -0.384. The Balaban J connectivity index is 0.000000892. The third kappa shape index (κ3) is 7.78. The van der Waals surface area contributed by atoms with Crippen molar-refractivity contribution in [2.75, 3.05) is 5.32 Å². The molecule has 0 bridgehead atoms. The molecule has 2 aromatic rings. The summed E-state index contributed by atoms with van der Waals surface area (Å²) in [5, 5.41) is 15.2. The van der Waals surface area contributed by atoms with E-state index in [1.807, 2.05) is 6.92 Å². The van der Waals surface area contributed by atoms with Gasteiger partial charge in [-0.15, -0.1) is 9.79 Å². The molecule has 0 unspecified atom stereocenters. The van der Waals surface area contributed by atoms with Crippen LogP contribution in [0.3, 0.4) is 0 Å². The first-order chi connectivity index (χ1) is 13.1. The van der Waals surface area contributed by atoms with E-state index in [-0.39, 0.29) is 16.1 Å². The Morgan fingerprint density at radius 1 is 1.14 bits per heavy atom. The van der Waals surface area contributed by atoms with Crippen LogP contribution in [0.2, 0.25) is 5.02 Å². The number of nitrogens with one attached hydrogen (secondary N) is 1. The largest absolute Gasteiger partial charge is 0.692 e. The molecule has 2 rings (SSSR count). The van der Waals surface area contributed by atoms with Crippen LogP contribution in [-0.2, 0) is 4.57 Å². The van der Waals surface area contributed by atoms with Gasteiger partial charge in [0.1, 0.15) is 17.2 Å². The summed E-state index contributed by atoms with van der Waals surface area (Å²) in [6.07, 6.45) is 1.70. The molecule has 0 spiro atoms. The highest BCUT2D eigenvalue weighted by Gasteiger charge is 2.24. The van der Waals surface area contributed by atoms with Crippen LogP contribution in [0.4, 0.5) is 11.4 Å². The maximum atomic E-state index is 11.3. The van der Waals surface area contributed by atoms with Crippen LogP contribution in [0.1, 0.15) is 33.6 Å². The van der Waals surface area contributed by atoms with E-state index in [0.29, 0.717) is 22.2 Å². The first kappa shape index (κ1) is 23.8. The van der Waals surface area contributed by atoms with Crippen molar-refractivity contribution in [3.8, 4) is 11.5 Å². The molecule has 152 valence electrons. The predicted octanol–water partition coefficient (Wildman–Crippen LogP) is 5.66. The second-order valence-electron chi connectivity index (χ2n) is 6.14. The van der Waals surface area contributed by atoms with Gasteiger partial charge in [0.05, 0.1) is 4.92 Å². The molecule has 0 atom stereocenters. The zero-order chi connectivity index (χ0) is 21.3. The Bertz CT molecular complexity index is 808. The second-order valence-corrected chi connectivity index (χ2v) is 7.08. The molecule has 0 saturated carbocycles. The smallest absolute Gasteiger partial charge is 0.457 e. The molecule has 0 heterocycles. The lowest BCUT2D eigenvalue weighted by atomic mass is 9.95. The Labute approximate surface area is 169 Å². The van der Waals surface area contributed by atoms with Gasteiger partial charge in [-0.25, -0.2) is 0 Å². The van der Waals surface area contributed by atoms with Crippen LogP contribution < -0.4 is 10.1 Å². The van der Waals surface area contributed by atoms with Crippen molar-refractivity contribution in [2.45, 2.75) is 39.2 Å². The second kappa shape index (κ2) is 10.9. The SMILES string of the molecule is CCC(C)(CC)Nc1cc(Oc2ccc(Cl)cc2)ccc1[N+](=O)[O-].O=[P+](O)O. The van der Waals surface area contributed by atoms with Gasteiger partial charge in [-0.3, -0.25) is 10.1 Å². The molecule has 0 saturated heterocycles. The average molecular weight is 430 g/mol. The Morgan fingerprint density at radius 3 is 2.11 bits per heavy atom. The highest BCUT2D eigenvalue weighted by molar-refractivity contribution is 7.30. The summed E-state index contributed by atoms with van der Waals surface area (Å²) < 4.78 is 14.5. The zero-order valence-corrected chi connectivity index (χ0v) is 17.4. The summed E-state index contributed by atoms with van der Waals surface area (Å²) in [5.74, 6) is 1.15. The minimum Gasteiger partial charge on any atom is -0.457 e. The molecule has 0 radical (unpaired) electrons. The predicted molar refractivity (Wildman–Crippen MR) is 109 cm³/mol. The highest BCUT2D eigenvalue weighted by atomic mass is 35.5. The molecule has 0 aliphatic rings. The molecule has 0 aliphatic heterocycles. The molecule has 8 nitrogen and oxygen atoms in total. The molecule has 0 aromatic heterocycles. The minimum atomic E-state index is -2.87. The standard InChI is InChI=1S/C18H21ClN2O3.HO3P/c1-4-18(3,5-2)20-16-12-15(10-11-17(16)21(22)23)24-14-8-6-13(19)7-9-14;1-4(2)3/h6-12,20H,4-5H2,1-3H3;(H-,1,2,3)/p+1. The van der Waals surface area contributed by atoms with E-state index in [1.165, 1.54) is 6.07 Å². The number of nitrogens with zero attached hydrogens (tertiary/aromatic N) is 1. The molecule has 0 amide bonds. The van der Waals surface area contributed by atoms with Gasteiger partial charge < -0.3 is 10.1 Å². The number of hydrogen-bond donors (Lipinski definition) is 3. The van der Waals surface area contributed by atoms with Gasteiger partial charge in [0.2, 0.25) is 0 Å². The zero-order valence-electron chi connectivity index (χ0n) is 15.8. The summed E-state index contributed by atoms with van der Waals surface area (Å²) in [6.45, 7) is 6.15. The summed E-state index contributed by atoms with van der Waals surface area (Å²) in [4.78, 5) is 25.2. The van der Waals surface area contributed by atoms with Gasteiger partial charge in [0.25, 0.3) is 5.69 Å². The molecule has 0 fully saturated rings. The van der Waals surface area contributed by atoms with Crippen molar-refractivity contribution in [1.82, 2.24) is 0 Å². The van der Waals surface area contributed by atoms with Gasteiger partial charge in [-0.1, -0.05) is 25.4 Å². The van der Waals surface area contributed by atoms with Crippen LogP contribution in [0, 0.1) is 10.1 Å². The topological polar surface area (TPSA) is 122 Å². The number of rotatable bonds is 7. The number of nitro groups is 1. The first-order valence-corrected chi connectivity index (χ1v) is 9.99. The van der Waals surface area contributed by atoms with Crippen molar-refractivity contribution in [3.63, 3.8) is 0 Å². The molecule has 2 aromatic carbocycles. The van der Waals surface area contributed by atoms with Gasteiger partial charge in [0.15, 0.2) is 0 Å². The average Bonchev–Trinajstić information content (AvgIpc) is 2.63. The third-order valence-corrected chi connectivity index (χ3v) is 4.46. The summed E-state index contributed by atoms with van der Waals surface area (Å²) in [6, 6.07) is 11.7. The number of hydrogen-bond acceptors (Lipinski definition) is 5. The number of benzene rings is 2. The maximum Gasteiger partial charge on any atom is 0.692 e. The van der Waals surface area contributed by atoms with Crippen molar-refractivity contribution in [2.24, 2.45) is 0 Å². The fourth-order valence-electron chi connectivity index (χ4n) is 2.23. The van der Waals surface area contributed by atoms with Gasteiger partial charge in [-0.05, 0) is 50.1 Å². The van der Waals surface area contributed by atoms with Crippen molar-refractivity contribution < 1.29 is 24.0 Å². The fourth-order valence-corrected chi connectivity index (χ4v) is 2.35. The number of anilines is 1. The lowest BCUT2D eigenvalue weighted by Gasteiger charge is -2.29. The van der Waals surface area contributed by atoms with Gasteiger partial charge >= 0.3 is 8.25 Å². The summed E-state index contributed by atoms with van der Waals surface area (Å²) in [5.41, 5.74) is 0.271. The normalized spacial score (nSPS) is 10.5. The maximum absolute atomic E-state index is 11.3. The van der Waals surface area contributed by atoms with E-state index >= 15 is 0 Å². The van der Waals surface area contributed by atoms with Crippen LogP contribution >= 0.6 is 19.9 Å². The highest BCUT2D eigenvalue weighted by Crippen LogP contribution is 2.34. The van der Waals surface area contributed by atoms with E-state index in [9.17, 15) is 10.1 Å². The lowest BCUT2D eigenvalue weighted by Crippen LogP contribution is -2.33. The fraction of sp³-hybridized carbons (Fsp3) is 0.333. The van der Waals surface area contributed by atoms with Crippen LogP contribution in [0.25, 0.3) is 0 Å². The molecule has 0 aliphatic carbocycles. The Hall–Kier alpha value is -2.25. The molecule has 3 N–H and O–H groups in total. The summed E-state index contributed by atoms with van der Waals surface area (Å²) >= 11 is 5.86. The Kier molecular flexibility index (Phi) is 9.28. The summed E-state index contributed by atoms with van der Waals surface area (Å²) in [7, 11) is -2.87. The van der Waals surface area contributed by atoms with E-state index in [1.54, 1.807) is 36.4 Å². The van der Waals surface area contributed by atoms with Crippen molar-refractivity contribution in [1.29, 1.82) is 0 Å². The third-order valence-electron chi connectivity index (χ3n) is 4.21. The molecular weight excluding hydrogens is 407 g/mol. The first-order valence-electron chi connectivity index (χ1n) is 8.45. The number of nitro benzene ring substituents is 1. The Morgan fingerprint density at radius 2 is 1.64 bits per heavy atom. The van der Waals surface area contributed by atoms with Crippen LogP contribution in [-0.4, -0.2) is 20.2 Å². The molecule has 28 heavy (non-hydrogen) atoms. The van der Waals surface area contributed by atoms with Crippen molar-refractivity contribution in [3.05, 3.63) is 57.6 Å². The number of ether oxygens (including phenoxy) is 1.